The molecule has 576 valence electrons. The first-order chi connectivity index (χ1) is 52.3. The number of likely N-dealkylation sites (tertiary alicyclic amines) is 4. The number of aromatic amines is 4. The molecule has 8 atom stereocenters. The van der Waals surface area contributed by atoms with Crippen LogP contribution in [0.1, 0.15) is 100 Å². The van der Waals surface area contributed by atoms with Crippen molar-refractivity contribution in [2.24, 2.45) is 0 Å². The number of anilines is 8. The number of hydrogen-bond acceptors (Lipinski definition) is 24. The van der Waals surface area contributed by atoms with Crippen LogP contribution in [0.15, 0.2) is 73.8 Å². The van der Waals surface area contributed by atoms with E-state index in [9.17, 15) is 17.6 Å². The molecule has 0 bridgehead atoms. The number of piperidine rings is 4. The van der Waals surface area contributed by atoms with Crippen LogP contribution in [-0.4, -0.2) is 250 Å². The highest BCUT2D eigenvalue weighted by Gasteiger charge is 2.35. The van der Waals surface area contributed by atoms with Crippen LogP contribution in [0.3, 0.4) is 0 Å². The Balaban J connectivity index is 0.000000127. The van der Waals surface area contributed by atoms with Crippen LogP contribution < -0.4 is 40.2 Å². The zero-order valence-corrected chi connectivity index (χ0v) is 62.9. The van der Waals surface area contributed by atoms with Crippen LogP contribution in [0.5, 0.6) is 23.5 Å². The number of hydrogen-bond donors (Lipinski definition) is 8. The predicted octanol–water partition coefficient (Wildman–Crippen LogP) is 11.3. The van der Waals surface area contributed by atoms with Crippen LogP contribution in [0.2, 0.25) is 0 Å². The van der Waals surface area contributed by atoms with Crippen LogP contribution in [0.4, 0.5) is 64.1 Å². The minimum absolute atomic E-state index is 0.248. The average Bonchev–Trinajstić information content (AvgIpc) is 1.66. The molecule has 108 heavy (non-hydrogen) atoms. The number of fused-ring (bicyclic) bond motifs is 4. The average molecular weight is 1490 g/mol. The molecule has 12 aromatic rings. The molecule has 0 aliphatic carbocycles. The van der Waals surface area contributed by atoms with Crippen molar-refractivity contribution < 1.29 is 36.5 Å². The molecule has 0 radical (unpaired) electrons. The van der Waals surface area contributed by atoms with Crippen LogP contribution in [-0.2, 0) is 0 Å². The summed E-state index contributed by atoms with van der Waals surface area (Å²) in [6.45, 7) is 22.6. The smallest absolute Gasteiger partial charge is 0.232 e. The summed E-state index contributed by atoms with van der Waals surface area (Å²) < 4.78 is 87.6. The fraction of sp³-hybridized carbons (Fsp3) is 0.500. The Labute approximate surface area is 621 Å². The van der Waals surface area contributed by atoms with E-state index >= 15 is 0 Å². The van der Waals surface area contributed by atoms with Gasteiger partial charge in [0.1, 0.15) is 47.3 Å². The second-order valence-corrected chi connectivity index (χ2v) is 27.5. The molecule has 0 spiro atoms. The quantitative estimate of drug-likeness (QED) is 0.0329. The Hall–Kier alpha value is -10.7. The molecule has 32 nitrogen and oxygen atoms in total. The number of halogens is 4. The third-order valence-corrected chi connectivity index (χ3v) is 19.9. The van der Waals surface area contributed by atoms with Crippen molar-refractivity contribution in [2.75, 3.05) is 128 Å². The molecule has 4 fully saturated rings. The van der Waals surface area contributed by atoms with Gasteiger partial charge < -0.3 is 79.8 Å². The summed E-state index contributed by atoms with van der Waals surface area (Å²) in [5.41, 5.74) is 9.26. The summed E-state index contributed by atoms with van der Waals surface area (Å²) in [6, 6.07) is 6.54. The Morgan fingerprint density at radius 1 is 0.352 bits per heavy atom. The molecular formula is C72H96F4N28O4. The van der Waals surface area contributed by atoms with Gasteiger partial charge in [-0.2, -0.15) is 60.3 Å². The molecule has 4 aliphatic heterocycles. The van der Waals surface area contributed by atoms with Crippen molar-refractivity contribution in [3.63, 3.8) is 0 Å². The van der Waals surface area contributed by atoms with Gasteiger partial charge in [-0.15, -0.1) is 0 Å². The topological polar surface area (TPSA) is 336 Å². The molecule has 0 amide bonds. The molecule has 8 unspecified atom stereocenters. The Kier molecular flexibility index (Phi) is 23.5. The van der Waals surface area contributed by atoms with Gasteiger partial charge in [-0.3, -0.25) is 18.7 Å². The first-order valence-corrected chi connectivity index (χ1v) is 36.7. The van der Waals surface area contributed by atoms with Crippen molar-refractivity contribution in [3.8, 4) is 23.5 Å². The van der Waals surface area contributed by atoms with Gasteiger partial charge in [0, 0.05) is 77.1 Å². The molecule has 0 aromatic carbocycles. The van der Waals surface area contributed by atoms with Crippen LogP contribution in [0, 0.1) is 27.7 Å². The summed E-state index contributed by atoms with van der Waals surface area (Å²) in [7, 11) is 7.76. The molecular weight excluding hydrogens is 1400 g/mol. The lowest BCUT2D eigenvalue weighted by atomic mass is 10.0. The summed E-state index contributed by atoms with van der Waals surface area (Å²) in [6.07, 6.45) is 13.2. The van der Waals surface area contributed by atoms with Crippen LogP contribution in [0.25, 0.3) is 44.1 Å². The summed E-state index contributed by atoms with van der Waals surface area (Å²) in [4.78, 5) is 56.1. The highest BCUT2D eigenvalue weighted by atomic mass is 19.1. The normalized spacial score (nSPS) is 20.9. The SMILES string of the molecule is CCOc1nc(Nc2cnn(C3CCN(C)CC3F)c2C)nc2[nH]ccc12.CCOc1nc(Nc2cnn(C3CCN(C)CC3F)c2C)nc2[nH]ccc12.CCOc1nc(Nc2cnn(C3CCN(C)CC3F)c2C)nc2[nH]ccc12.CCOc1nc(Nc2cnn(C3CCN(C)CC3F)c2C)nc2[nH]ccc12. The maximum atomic E-state index is 14.5. The van der Waals surface area contributed by atoms with E-state index in [1.54, 1.807) is 68.3 Å². The van der Waals surface area contributed by atoms with Gasteiger partial charge in [-0.05, 0) is 134 Å². The third-order valence-electron chi connectivity index (χ3n) is 19.9. The minimum Gasteiger partial charge on any atom is -0.477 e. The Morgan fingerprint density at radius 3 is 0.759 bits per heavy atom. The van der Waals surface area contributed by atoms with Gasteiger partial charge >= 0.3 is 0 Å². The van der Waals surface area contributed by atoms with Crippen molar-refractivity contribution in [3.05, 3.63) is 96.6 Å². The number of alkyl halides is 4. The molecule has 36 heteroatoms. The molecule has 4 aliphatic rings. The second-order valence-electron chi connectivity index (χ2n) is 27.5. The molecule has 4 saturated heterocycles. The van der Waals surface area contributed by atoms with Gasteiger partial charge in [0.15, 0.2) is 0 Å². The number of ether oxygens (including phenoxy) is 4. The van der Waals surface area contributed by atoms with E-state index in [0.717, 1.165) is 119 Å². The highest BCUT2D eigenvalue weighted by molar-refractivity contribution is 5.85. The molecule has 16 heterocycles. The zero-order valence-electron chi connectivity index (χ0n) is 62.9. The number of nitrogens with zero attached hydrogens (tertiary/aromatic N) is 20. The fourth-order valence-electron chi connectivity index (χ4n) is 14.1. The van der Waals surface area contributed by atoms with E-state index in [0.29, 0.717) is 123 Å². The molecule has 12 aromatic heterocycles. The standard InChI is InChI=1S/4C18H24FN7O/c4*1-4-27-17-12-5-7-20-16(12)23-18(24-17)22-14-9-21-26(11(14)2)15-6-8-25(3)10-13(15)19/h4*5,7,9,13,15H,4,6,8,10H2,1-3H3,(H2,20,22,23,24). The van der Waals surface area contributed by atoms with Gasteiger partial charge in [0.2, 0.25) is 47.3 Å². The maximum absolute atomic E-state index is 14.5. The van der Waals surface area contributed by atoms with E-state index in [4.69, 9.17) is 18.9 Å². The summed E-state index contributed by atoms with van der Waals surface area (Å²) in [5, 5.41) is 33.8. The largest absolute Gasteiger partial charge is 0.477 e. The van der Waals surface area contributed by atoms with Crippen LogP contribution >= 0.6 is 0 Å². The summed E-state index contributed by atoms with van der Waals surface area (Å²) >= 11 is 0. The molecule has 8 N–H and O–H groups in total. The third kappa shape index (κ3) is 16.7. The van der Waals surface area contributed by atoms with Crippen molar-refractivity contribution >= 4 is 90.7 Å². The fourth-order valence-corrected chi connectivity index (χ4v) is 14.1. The van der Waals surface area contributed by atoms with Gasteiger partial charge in [0.25, 0.3) is 0 Å². The van der Waals surface area contributed by atoms with Crippen molar-refractivity contribution in [1.29, 1.82) is 0 Å². The number of rotatable bonds is 20. The van der Waals surface area contributed by atoms with Gasteiger partial charge in [0.05, 0.1) is 142 Å². The van der Waals surface area contributed by atoms with Gasteiger partial charge in [-0.1, -0.05) is 0 Å². The highest BCUT2D eigenvalue weighted by Crippen LogP contribution is 2.36. The van der Waals surface area contributed by atoms with E-state index in [1.165, 1.54) is 0 Å². The van der Waals surface area contributed by atoms with Gasteiger partial charge in [-0.25, -0.2) is 17.6 Å². The summed E-state index contributed by atoms with van der Waals surface area (Å²) in [5.74, 6) is 3.75. The maximum Gasteiger partial charge on any atom is 0.232 e. The Bertz CT molecular complexity index is 4360. The predicted molar refractivity (Wildman–Crippen MR) is 405 cm³/mol. The van der Waals surface area contributed by atoms with E-state index in [2.05, 4.69) is 101 Å². The number of aromatic nitrogens is 20. The van der Waals surface area contributed by atoms with Crippen molar-refractivity contribution in [1.82, 2.24) is 119 Å². The first kappa shape index (κ1) is 75.5. The van der Waals surface area contributed by atoms with E-state index in [-0.39, 0.29) is 24.2 Å². The number of nitrogens with one attached hydrogen (secondary N) is 8. The first-order valence-electron chi connectivity index (χ1n) is 36.7. The van der Waals surface area contributed by atoms with Crippen molar-refractivity contribution in [2.45, 2.75) is 130 Å². The zero-order chi connectivity index (χ0) is 75.9. The monoisotopic (exact) mass is 1490 g/mol. The molecule has 0 saturated carbocycles. The minimum atomic E-state index is -0.939. The second kappa shape index (κ2) is 33.6. The number of H-pyrrole nitrogens is 4. The lowest BCUT2D eigenvalue weighted by Gasteiger charge is -2.32. The van der Waals surface area contributed by atoms with E-state index < -0.39 is 24.7 Å². The van der Waals surface area contributed by atoms with E-state index in [1.807, 2.05) is 127 Å². The Morgan fingerprint density at radius 2 is 0.565 bits per heavy atom. The lowest BCUT2D eigenvalue weighted by molar-refractivity contribution is 0.0993. The lowest BCUT2D eigenvalue weighted by Crippen LogP contribution is -2.41. The molecule has 16 rings (SSSR count).